The molecule has 0 fully saturated rings. The van der Waals surface area contributed by atoms with Crippen LogP contribution in [0.5, 0.6) is 0 Å². The molecule has 0 aliphatic heterocycles. The molecule has 0 aliphatic rings. The number of hydrogen-bond donors (Lipinski definition) is 0. The van der Waals surface area contributed by atoms with Crippen molar-refractivity contribution in [1.82, 2.24) is 0 Å². The molecule has 0 aromatic carbocycles. The fraction of sp³-hybridized carbons (Fsp3) is 1.00. The predicted molar refractivity (Wildman–Crippen MR) is 32.0 cm³/mol. The van der Waals surface area contributed by atoms with Crippen molar-refractivity contribution in [3.63, 3.8) is 0 Å². The topological polar surface area (TPSA) is 9.23 Å². The number of methoxy groups -OCH3 is 1. The van der Waals surface area contributed by atoms with E-state index in [2.05, 4.69) is 4.74 Å². The van der Waals surface area contributed by atoms with E-state index in [-0.39, 0.29) is 13.0 Å². The maximum Gasteiger partial charge on any atom is 0.126 e. The Morgan fingerprint density at radius 3 is 2.33 bits per heavy atom. The molecule has 1 nitrogen and oxygen atoms in total. The molecule has 0 radical (unpaired) electrons. The van der Waals surface area contributed by atoms with Crippen molar-refractivity contribution in [3.05, 3.63) is 0 Å². The van der Waals surface area contributed by atoms with Gasteiger partial charge in [-0.1, -0.05) is 0 Å². The lowest BCUT2D eigenvalue weighted by atomic mass is 10.2. The van der Waals surface area contributed by atoms with Gasteiger partial charge in [-0.2, -0.15) is 0 Å². The summed E-state index contributed by atoms with van der Waals surface area (Å²) >= 11 is 0. The van der Waals surface area contributed by atoms with E-state index >= 15 is 0 Å². The van der Waals surface area contributed by atoms with Crippen LogP contribution in [0.15, 0.2) is 0 Å². The van der Waals surface area contributed by atoms with Crippen LogP contribution in [0.1, 0.15) is 13.3 Å². The molecule has 0 saturated carbocycles. The monoisotopic (exact) mass is 138 g/mol. The molecule has 9 heavy (non-hydrogen) atoms. The second-order valence-electron chi connectivity index (χ2n) is 2.07. The first-order valence-corrected chi connectivity index (χ1v) is 2.94. The van der Waals surface area contributed by atoms with Crippen LogP contribution in [-0.2, 0) is 4.74 Å². The highest BCUT2D eigenvalue weighted by atomic mass is 19.1. The second kappa shape index (κ2) is 4.68. The number of halogens is 2. The Balaban J connectivity index is 3.15. The van der Waals surface area contributed by atoms with Crippen molar-refractivity contribution >= 4 is 0 Å². The Labute approximate surface area is 54.0 Å². The van der Waals surface area contributed by atoms with Crippen molar-refractivity contribution in [2.45, 2.75) is 25.7 Å². The maximum absolute atomic E-state index is 12.3. The predicted octanol–water partition coefficient (Wildman–Crippen LogP) is 1.72. The molecule has 0 saturated heterocycles. The van der Waals surface area contributed by atoms with E-state index in [9.17, 15) is 8.78 Å². The van der Waals surface area contributed by atoms with Crippen molar-refractivity contribution in [3.8, 4) is 0 Å². The van der Waals surface area contributed by atoms with E-state index < -0.39 is 12.3 Å². The zero-order chi connectivity index (χ0) is 7.28. The minimum Gasteiger partial charge on any atom is -0.382 e. The van der Waals surface area contributed by atoms with Crippen LogP contribution in [-0.4, -0.2) is 26.1 Å². The largest absolute Gasteiger partial charge is 0.382 e. The summed E-state index contributed by atoms with van der Waals surface area (Å²) in [6.45, 7) is 1.33. The lowest BCUT2D eigenvalue weighted by molar-refractivity contribution is 0.103. The first-order chi connectivity index (χ1) is 4.16. The van der Waals surface area contributed by atoms with E-state index in [0.29, 0.717) is 0 Å². The smallest absolute Gasteiger partial charge is 0.126 e. The van der Waals surface area contributed by atoms with E-state index in [1.165, 1.54) is 14.0 Å². The minimum absolute atomic E-state index is 0.00569. The third kappa shape index (κ3) is 5.69. The van der Waals surface area contributed by atoms with E-state index in [1.807, 2.05) is 0 Å². The molecule has 0 N–H and O–H groups in total. The standard InChI is InChI=1S/C6H12F2O/c1-5(7)3-6(8)4-9-2/h5-6H,3-4H2,1-2H3. The average Bonchev–Trinajstić information content (AvgIpc) is 1.63. The number of ether oxygens (including phenoxy) is 1. The van der Waals surface area contributed by atoms with E-state index in [0.717, 1.165) is 0 Å². The van der Waals surface area contributed by atoms with Gasteiger partial charge in [0.25, 0.3) is 0 Å². The summed E-state index contributed by atoms with van der Waals surface area (Å²) in [5, 5.41) is 0. The van der Waals surface area contributed by atoms with Crippen LogP contribution in [0.4, 0.5) is 8.78 Å². The maximum atomic E-state index is 12.3. The first-order valence-electron chi connectivity index (χ1n) is 2.94. The molecule has 0 heterocycles. The zero-order valence-corrected chi connectivity index (χ0v) is 5.73. The van der Waals surface area contributed by atoms with Gasteiger partial charge < -0.3 is 4.74 Å². The minimum atomic E-state index is -1.16. The lowest BCUT2D eigenvalue weighted by Crippen LogP contribution is -2.12. The van der Waals surface area contributed by atoms with Gasteiger partial charge in [-0.05, 0) is 6.92 Å². The Morgan fingerprint density at radius 2 is 2.00 bits per heavy atom. The van der Waals surface area contributed by atoms with Crippen molar-refractivity contribution in [1.29, 1.82) is 0 Å². The Bertz CT molecular complexity index is 66.1. The third-order valence-electron chi connectivity index (χ3n) is 0.928. The average molecular weight is 138 g/mol. The molecular weight excluding hydrogens is 126 g/mol. The second-order valence-corrected chi connectivity index (χ2v) is 2.07. The third-order valence-corrected chi connectivity index (χ3v) is 0.928. The van der Waals surface area contributed by atoms with Gasteiger partial charge in [-0.3, -0.25) is 0 Å². The van der Waals surface area contributed by atoms with Gasteiger partial charge in [0.05, 0.1) is 6.61 Å². The number of hydrogen-bond acceptors (Lipinski definition) is 1. The summed E-state index contributed by atoms with van der Waals surface area (Å²) in [6.07, 6.45) is -2.29. The molecule has 0 amide bonds. The Morgan fingerprint density at radius 1 is 1.44 bits per heavy atom. The molecule has 0 bridgehead atoms. The van der Waals surface area contributed by atoms with Gasteiger partial charge in [-0.15, -0.1) is 0 Å². The highest BCUT2D eigenvalue weighted by molar-refractivity contribution is 4.58. The van der Waals surface area contributed by atoms with Crippen LogP contribution in [0, 0.1) is 0 Å². The molecule has 0 spiro atoms. The molecule has 2 atom stereocenters. The Hall–Kier alpha value is -0.180. The van der Waals surface area contributed by atoms with Crippen LogP contribution < -0.4 is 0 Å². The molecular formula is C6H12F2O. The van der Waals surface area contributed by atoms with Gasteiger partial charge in [0.15, 0.2) is 0 Å². The van der Waals surface area contributed by atoms with Gasteiger partial charge in [-0.25, -0.2) is 8.78 Å². The summed E-state index contributed by atoms with van der Waals surface area (Å²) in [6, 6.07) is 0. The quantitative estimate of drug-likeness (QED) is 0.574. The fourth-order valence-corrected chi connectivity index (χ4v) is 0.601. The van der Waals surface area contributed by atoms with Gasteiger partial charge in [0, 0.05) is 13.5 Å². The van der Waals surface area contributed by atoms with Crippen LogP contribution in [0.2, 0.25) is 0 Å². The van der Waals surface area contributed by atoms with E-state index in [4.69, 9.17) is 0 Å². The van der Waals surface area contributed by atoms with Crippen molar-refractivity contribution < 1.29 is 13.5 Å². The summed E-state index contributed by atoms with van der Waals surface area (Å²) < 4.78 is 28.7. The van der Waals surface area contributed by atoms with Gasteiger partial charge >= 0.3 is 0 Å². The first kappa shape index (κ1) is 8.82. The summed E-state index contributed by atoms with van der Waals surface area (Å²) in [5.41, 5.74) is 0. The molecule has 0 aromatic heterocycles. The SMILES string of the molecule is COCC(F)CC(C)F. The highest BCUT2D eigenvalue weighted by Gasteiger charge is 2.09. The molecule has 3 heteroatoms. The summed E-state index contributed by atoms with van der Waals surface area (Å²) in [5.74, 6) is 0. The van der Waals surface area contributed by atoms with Crippen LogP contribution >= 0.6 is 0 Å². The molecule has 56 valence electrons. The molecule has 2 unspecified atom stereocenters. The number of alkyl halides is 2. The molecule has 0 aliphatic carbocycles. The summed E-state index contributed by atoms with van der Waals surface area (Å²) in [4.78, 5) is 0. The molecule has 0 rings (SSSR count). The van der Waals surface area contributed by atoms with Crippen LogP contribution in [0.3, 0.4) is 0 Å². The van der Waals surface area contributed by atoms with Crippen LogP contribution in [0.25, 0.3) is 0 Å². The van der Waals surface area contributed by atoms with E-state index in [1.54, 1.807) is 0 Å². The zero-order valence-electron chi connectivity index (χ0n) is 5.73. The summed E-state index contributed by atoms with van der Waals surface area (Å²) in [7, 11) is 1.40. The Kier molecular flexibility index (Phi) is 4.58. The van der Waals surface area contributed by atoms with Crippen molar-refractivity contribution in [2.24, 2.45) is 0 Å². The lowest BCUT2D eigenvalue weighted by Gasteiger charge is -2.05. The van der Waals surface area contributed by atoms with Gasteiger partial charge in [0.1, 0.15) is 12.3 Å². The highest BCUT2D eigenvalue weighted by Crippen LogP contribution is 2.04. The normalized spacial score (nSPS) is 17.3. The molecule has 0 aromatic rings. The fourth-order valence-electron chi connectivity index (χ4n) is 0.601. The van der Waals surface area contributed by atoms with Crippen molar-refractivity contribution in [2.75, 3.05) is 13.7 Å². The van der Waals surface area contributed by atoms with Gasteiger partial charge in [0.2, 0.25) is 0 Å². The number of rotatable bonds is 4.